The average molecular weight is 455 g/mol. The monoisotopic (exact) mass is 454 g/mol. The van der Waals surface area contributed by atoms with Crippen molar-refractivity contribution < 1.29 is 19.2 Å². The van der Waals surface area contributed by atoms with Crippen molar-refractivity contribution in [2.45, 2.75) is 84.7 Å². The molecule has 2 aliphatic carbocycles. The topological polar surface area (TPSA) is 74.8 Å². The molecular weight excluding hydrogens is 416 g/mol. The summed E-state index contributed by atoms with van der Waals surface area (Å²) in [4.78, 5) is 52.4. The van der Waals surface area contributed by atoms with E-state index in [1.807, 2.05) is 0 Å². The summed E-state index contributed by atoms with van der Waals surface area (Å²) < 4.78 is 0. The molecule has 0 saturated heterocycles. The molecule has 180 valence electrons. The van der Waals surface area contributed by atoms with Gasteiger partial charge in [-0.1, -0.05) is 40.5 Å². The van der Waals surface area contributed by atoms with Crippen molar-refractivity contribution in [3.8, 4) is 0 Å². The lowest BCUT2D eigenvalue weighted by atomic mass is 9.64. The van der Waals surface area contributed by atoms with Crippen molar-refractivity contribution in [1.29, 1.82) is 0 Å². The lowest BCUT2D eigenvalue weighted by molar-refractivity contribution is -0.145. The first-order valence-corrected chi connectivity index (χ1v) is 12.8. The molecule has 0 N–H and O–H groups in total. The van der Waals surface area contributed by atoms with Gasteiger partial charge >= 0.3 is 0 Å². The zero-order valence-corrected chi connectivity index (χ0v) is 20.4. The van der Waals surface area contributed by atoms with Gasteiger partial charge in [-0.25, -0.2) is 0 Å². The van der Waals surface area contributed by atoms with Crippen LogP contribution in [0.15, 0.2) is 24.3 Å². The third-order valence-corrected chi connectivity index (χ3v) is 8.81. The zero-order valence-electron chi connectivity index (χ0n) is 20.4. The first kappa shape index (κ1) is 23.9. The number of amides is 4. The van der Waals surface area contributed by atoms with E-state index in [4.69, 9.17) is 0 Å². The summed E-state index contributed by atoms with van der Waals surface area (Å²) in [5.74, 6) is 1.81. The molecule has 0 aromatic rings. The highest BCUT2D eigenvalue weighted by atomic mass is 16.2. The fraction of sp³-hybridized carbons (Fsp3) is 0.704. The van der Waals surface area contributed by atoms with Gasteiger partial charge in [0.2, 0.25) is 0 Å². The number of carbonyl (C=O) groups is 4. The Hall–Kier alpha value is -2.24. The van der Waals surface area contributed by atoms with Gasteiger partial charge in [-0.2, -0.15) is 0 Å². The number of hydrogen-bond donors (Lipinski definition) is 0. The second-order valence-corrected chi connectivity index (χ2v) is 10.9. The lowest BCUT2D eigenvalue weighted by Crippen LogP contribution is -2.52. The molecule has 2 aliphatic heterocycles. The minimum absolute atomic E-state index is 0.000934. The number of rotatable bonds is 6. The van der Waals surface area contributed by atoms with Gasteiger partial charge in [0.25, 0.3) is 23.6 Å². The quantitative estimate of drug-likeness (QED) is 0.566. The van der Waals surface area contributed by atoms with Crippen LogP contribution in [0.4, 0.5) is 0 Å². The first-order chi connectivity index (χ1) is 15.7. The second-order valence-electron chi connectivity index (χ2n) is 10.9. The van der Waals surface area contributed by atoms with Crippen LogP contribution in [0.2, 0.25) is 0 Å². The standard InChI is InChI=1S/C27H38N2O4/c1-5-20-14-18(11-16(3)26(20)28-22(30)7-8-23(28)31)13-19-12-17(4)27(21(6-2)15-19)29-24(32)9-10-25(29)33/h7-10,16-21,26-27H,5-6,11-15H2,1-4H3. The molecule has 6 heteroatoms. The van der Waals surface area contributed by atoms with E-state index in [1.165, 1.54) is 34.1 Å². The molecule has 33 heavy (non-hydrogen) atoms. The average Bonchev–Trinajstić information content (AvgIpc) is 3.28. The Morgan fingerprint density at radius 1 is 0.636 bits per heavy atom. The van der Waals surface area contributed by atoms with E-state index in [1.54, 1.807) is 0 Å². The molecule has 2 fully saturated rings. The molecule has 4 rings (SSSR count). The van der Waals surface area contributed by atoms with Crippen molar-refractivity contribution in [3.63, 3.8) is 0 Å². The molecule has 2 heterocycles. The van der Waals surface area contributed by atoms with Crippen LogP contribution in [-0.2, 0) is 19.2 Å². The molecule has 0 spiro atoms. The highest BCUT2D eigenvalue weighted by Gasteiger charge is 2.46. The summed E-state index contributed by atoms with van der Waals surface area (Å²) in [5.41, 5.74) is 0. The van der Waals surface area contributed by atoms with Crippen LogP contribution in [0.5, 0.6) is 0 Å². The summed E-state index contributed by atoms with van der Waals surface area (Å²) in [5, 5.41) is 0. The van der Waals surface area contributed by atoms with Gasteiger partial charge in [0, 0.05) is 36.4 Å². The molecule has 8 atom stereocenters. The molecule has 8 unspecified atom stereocenters. The van der Waals surface area contributed by atoms with Gasteiger partial charge < -0.3 is 0 Å². The maximum atomic E-state index is 12.3. The van der Waals surface area contributed by atoms with Crippen molar-refractivity contribution in [2.75, 3.05) is 0 Å². The first-order valence-electron chi connectivity index (χ1n) is 12.8. The van der Waals surface area contributed by atoms with Crippen LogP contribution in [0.25, 0.3) is 0 Å². The Labute approximate surface area is 197 Å². The summed E-state index contributed by atoms with van der Waals surface area (Å²) in [6.07, 6.45) is 12.9. The van der Waals surface area contributed by atoms with Crippen molar-refractivity contribution in [3.05, 3.63) is 24.3 Å². The molecule has 0 radical (unpaired) electrons. The number of nitrogens with zero attached hydrogens (tertiary/aromatic N) is 2. The third kappa shape index (κ3) is 4.45. The highest BCUT2D eigenvalue weighted by molar-refractivity contribution is 6.13. The molecule has 0 aromatic heterocycles. The van der Waals surface area contributed by atoms with Crippen LogP contribution in [0.1, 0.15) is 72.6 Å². The van der Waals surface area contributed by atoms with E-state index >= 15 is 0 Å². The van der Waals surface area contributed by atoms with Crippen molar-refractivity contribution >= 4 is 23.6 Å². The fourth-order valence-corrected chi connectivity index (χ4v) is 7.60. The number of hydrogen-bond acceptors (Lipinski definition) is 4. The van der Waals surface area contributed by atoms with E-state index in [0.29, 0.717) is 35.5 Å². The van der Waals surface area contributed by atoms with Crippen molar-refractivity contribution in [1.82, 2.24) is 9.80 Å². The Morgan fingerprint density at radius 3 is 1.27 bits per heavy atom. The van der Waals surface area contributed by atoms with Crippen LogP contribution in [-0.4, -0.2) is 45.5 Å². The van der Waals surface area contributed by atoms with E-state index < -0.39 is 0 Å². The normalized spacial score (nSPS) is 39.3. The molecule has 0 aromatic carbocycles. The molecule has 2 saturated carbocycles. The maximum absolute atomic E-state index is 12.3. The van der Waals surface area contributed by atoms with E-state index in [0.717, 1.165) is 44.9 Å². The van der Waals surface area contributed by atoms with Gasteiger partial charge in [-0.05, 0) is 67.6 Å². The predicted molar refractivity (Wildman–Crippen MR) is 126 cm³/mol. The van der Waals surface area contributed by atoms with Gasteiger partial charge in [0.1, 0.15) is 0 Å². The Kier molecular flexibility index (Phi) is 6.92. The Bertz CT molecular complexity index is 771. The minimum Gasteiger partial charge on any atom is -0.272 e. The molecule has 6 nitrogen and oxygen atoms in total. The molecule has 4 amide bonds. The molecule has 0 bridgehead atoms. The maximum Gasteiger partial charge on any atom is 0.253 e. The smallest absolute Gasteiger partial charge is 0.253 e. The van der Waals surface area contributed by atoms with Gasteiger partial charge in [-0.3, -0.25) is 29.0 Å². The number of imide groups is 2. The zero-order chi connectivity index (χ0) is 23.9. The van der Waals surface area contributed by atoms with E-state index in [-0.39, 0.29) is 35.7 Å². The van der Waals surface area contributed by atoms with Crippen LogP contribution < -0.4 is 0 Å². The van der Waals surface area contributed by atoms with Crippen LogP contribution in [0, 0.1) is 35.5 Å². The Balaban J connectivity index is 1.41. The SMILES string of the molecule is CCC1CC(CC2CC(C)C(N3C(=O)C=CC3=O)C(CC)C2)CC(C)C1N1C(=O)C=CC1=O. The van der Waals surface area contributed by atoms with E-state index in [2.05, 4.69) is 27.7 Å². The second kappa shape index (κ2) is 9.55. The lowest BCUT2D eigenvalue weighted by Gasteiger charge is -2.47. The van der Waals surface area contributed by atoms with E-state index in [9.17, 15) is 19.2 Å². The summed E-state index contributed by atoms with van der Waals surface area (Å²) in [7, 11) is 0. The van der Waals surface area contributed by atoms with Gasteiger partial charge in [0.05, 0.1) is 0 Å². The minimum atomic E-state index is -0.160. The predicted octanol–water partition coefficient (Wildman–Crippen LogP) is 4.11. The third-order valence-electron chi connectivity index (χ3n) is 8.81. The van der Waals surface area contributed by atoms with Crippen molar-refractivity contribution in [2.24, 2.45) is 35.5 Å². The summed E-state index contributed by atoms with van der Waals surface area (Å²) >= 11 is 0. The number of carbonyl (C=O) groups excluding carboxylic acids is 4. The summed E-state index contributed by atoms with van der Waals surface area (Å²) in [6, 6.07) is -0.00187. The van der Waals surface area contributed by atoms with Crippen LogP contribution in [0.3, 0.4) is 0 Å². The Morgan fingerprint density at radius 2 is 0.970 bits per heavy atom. The summed E-state index contributed by atoms with van der Waals surface area (Å²) in [6.45, 7) is 8.74. The largest absolute Gasteiger partial charge is 0.272 e. The van der Waals surface area contributed by atoms with Gasteiger partial charge in [0.15, 0.2) is 0 Å². The molecular formula is C27H38N2O4. The van der Waals surface area contributed by atoms with Crippen LogP contribution >= 0.6 is 0 Å². The van der Waals surface area contributed by atoms with Gasteiger partial charge in [-0.15, -0.1) is 0 Å². The fourth-order valence-electron chi connectivity index (χ4n) is 7.60. The highest BCUT2D eigenvalue weighted by Crippen LogP contribution is 2.46. The molecule has 4 aliphatic rings.